The van der Waals surface area contributed by atoms with Gasteiger partial charge in [-0.05, 0) is 43.8 Å². The van der Waals surface area contributed by atoms with Crippen molar-refractivity contribution in [3.63, 3.8) is 0 Å². The summed E-state index contributed by atoms with van der Waals surface area (Å²) in [5.41, 5.74) is 7.41. The van der Waals surface area contributed by atoms with Gasteiger partial charge in [0.1, 0.15) is 0 Å². The predicted molar refractivity (Wildman–Crippen MR) is 93.0 cm³/mol. The number of aromatic amines is 1. The molecule has 1 amide bonds. The van der Waals surface area contributed by atoms with Gasteiger partial charge in [-0.1, -0.05) is 12.1 Å². The van der Waals surface area contributed by atoms with Gasteiger partial charge in [0, 0.05) is 18.8 Å². The second kappa shape index (κ2) is 7.01. The van der Waals surface area contributed by atoms with Crippen molar-refractivity contribution in [3.05, 3.63) is 51.4 Å². The van der Waals surface area contributed by atoms with E-state index in [9.17, 15) is 9.59 Å². The van der Waals surface area contributed by atoms with Crippen LogP contribution < -0.4 is 16.4 Å². The average Bonchev–Trinajstić information content (AvgIpc) is 2.78. The van der Waals surface area contributed by atoms with E-state index < -0.39 is 0 Å². The van der Waals surface area contributed by atoms with E-state index in [1.165, 1.54) is 17.8 Å². The van der Waals surface area contributed by atoms with Crippen molar-refractivity contribution in [2.75, 3.05) is 0 Å². The first-order valence-electron chi connectivity index (χ1n) is 6.88. The minimum Gasteiger partial charge on any atom is -0.295 e. The minimum atomic E-state index is -0.290. The Labute approximate surface area is 138 Å². The van der Waals surface area contributed by atoms with Gasteiger partial charge >= 0.3 is 0 Å². The SMILES string of the molecule is CC(=O)NNC(=S)N=Cc1c(C)[nH]n(-c2cccc(C)c2)c1=O. The van der Waals surface area contributed by atoms with Crippen molar-refractivity contribution in [3.8, 4) is 5.69 Å². The van der Waals surface area contributed by atoms with Gasteiger partial charge in [-0.3, -0.25) is 25.5 Å². The number of aliphatic imine (C=N–C) groups is 1. The van der Waals surface area contributed by atoms with Crippen LogP contribution in [-0.2, 0) is 4.79 Å². The van der Waals surface area contributed by atoms with Gasteiger partial charge in [-0.2, -0.15) is 0 Å². The summed E-state index contributed by atoms with van der Waals surface area (Å²) >= 11 is 4.93. The monoisotopic (exact) mass is 331 g/mol. The van der Waals surface area contributed by atoms with Crippen molar-refractivity contribution in [1.29, 1.82) is 0 Å². The first-order chi connectivity index (χ1) is 10.9. The number of rotatable bonds is 2. The van der Waals surface area contributed by atoms with Crippen LogP contribution in [0.25, 0.3) is 5.69 Å². The van der Waals surface area contributed by atoms with Crippen LogP contribution in [0.3, 0.4) is 0 Å². The Morgan fingerprint density at radius 2 is 2.09 bits per heavy atom. The summed E-state index contributed by atoms with van der Waals surface area (Å²) in [6.07, 6.45) is 1.37. The number of H-pyrrole nitrogens is 1. The van der Waals surface area contributed by atoms with Gasteiger partial charge in [0.2, 0.25) is 11.0 Å². The highest BCUT2D eigenvalue weighted by Crippen LogP contribution is 2.08. The molecule has 0 aliphatic carbocycles. The lowest BCUT2D eigenvalue weighted by molar-refractivity contribution is -0.119. The molecule has 0 spiro atoms. The van der Waals surface area contributed by atoms with Crippen LogP contribution >= 0.6 is 12.2 Å². The van der Waals surface area contributed by atoms with Crippen molar-refractivity contribution in [2.45, 2.75) is 20.8 Å². The Morgan fingerprint density at radius 3 is 2.74 bits per heavy atom. The fourth-order valence-electron chi connectivity index (χ4n) is 1.96. The zero-order valence-electron chi connectivity index (χ0n) is 13.0. The van der Waals surface area contributed by atoms with E-state index in [-0.39, 0.29) is 16.6 Å². The van der Waals surface area contributed by atoms with E-state index in [0.717, 1.165) is 11.3 Å². The molecule has 0 fully saturated rings. The topological polar surface area (TPSA) is 91.3 Å². The maximum Gasteiger partial charge on any atom is 0.280 e. The number of hydrazine groups is 1. The number of hydrogen-bond acceptors (Lipinski definition) is 3. The lowest BCUT2D eigenvalue weighted by Crippen LogP contribution is -2.38. The molecule has 120 valence electrons. The number of thiocarbonyl (C=S) groups is 1. The second-order valence-corrected chi connectivity index (χ2v) is 5.39. The highest BCUT2D eigenvalue weighted by atomic mass is 32.1. The lowest BCUT2D eigenvalue weighted by atomic mass is 10.2. The molecule has 0 saturated heterocycles. The average molecular weight is 331 g/mol. The summed E-state index contributed by atoms with van der Waals surface area (Å²) in [7, 11) is 0. The molecule has 0 aliphatic rings. The second-order valence-electron chi connectivity index (χ2n) is 5.00. The van der Waals surface area contributed by atoms with E-state index in [4.69, 9.17) is 12.2 Å². The number of aromatic nitrogens is 2. The highest BCUT2D eigenvalue weighted by molar-refractivity contribution is 7.80. The van der Waals surface area contributed by atoms with Crippen LogP contribution in [0.4, 0.5) is 0 Å². The molecule has 2 rings (SSSR count). The fraction of sp³-hybridized carbons (Fsp3) is 0.200. The standard InChI is InChI=1S/C15H17N5O2S/c1-9-5-4-6-12(7-9)20-14(22)13(10(2)19-20)8-16-15(23)18-17-11(3)21/h4-8,19H,1-3H3,(H,17,21)(H,18,23). The fourth-order valence-corrected chi connectivity index (χ4v) is 2.06. The molecule has 0 saturated carbocycles. The van der Waals surface area contributed by atoms with Gasteiger partial charge in [0.05, 0.1) is 11.3 Å². The Kier molecular flexibility index (Phi) is 5.07. The smallest absolute Gasteiger partial charge is 0.280 e. The molecule has 0 unspecified atom stereocenters. The lowest BCUT2D eigenvalue weighted by Gasteiger charge is -2.02. The van der Waals surface area contributed by atoms with Gasteiger partial charge < -0.3 is 0 Å². The summed E-state index contributed by atoms with van der Waals surface area (Å²) in [5, 5.41) is 3.07. The Morgan fingerprint density at radius 1 is 1.35 bits per heavy atom. The molecule has 1 aromatic carbocycles. The molecule has 3 N–H and O–H groups in total. The third-order valence-corrected chi connectivity index (χ3v) is 3.24. The molecule has 1 heterocycles. The summed E-state index contributed by atoms with van der Waals surface area (Å²) in [4.78, 5) is 27.2. The number of carbonyl (C=O) groups is 1. The van der Waals surface area contributed by atoms with Crippen molar-refractivity contribution < 1.29 is 4.79 Å². The van der Waals surface area contributed by atoms with Crippen LogP contribution in [0.2, 0.25) is 0 Å². The first-order valence-corrected chi connectivity index (χ1v) is 7.28. The Balaban J connectivity index is 2.26. The number of hydrogen-bond donors (Lipinski definition) is 3. The molecule has 8 heteroatoms. The summed E-state index contributed by atoms with van der Waals surface area (Å²) in [5.74, 6) is -0.290. The van der Waals surface area contributed by atoms with Gasteiger partial charge in [-0.15, -0.1) is 0 Å². The normalized spacial score (nSPS) is 10.7. The minimum absolute atomic E-state index is 0.0577. The van der Waals surface area contributed by atoms with Crippen LogP contribution in [0.1, 0.15) is 23.7 Å². The van der Waals surface area contributed by atoms with Crippen molar-refractivity contribution >= 4 is 29.5 Å². The van der Waals surface area contributed by atoms with E-state index in [1.807, 2.05) is 31.2 Å². The first kappa shape index (κ1) is 16.6. The van der Waals surface area contributed by atoms with Crippen molar-refractivity contribution in [1.82, 2.24) is 20.6 Å². The van der Waals surface area contributed by atoms with Gasteiger partial charge in [0.25, 0.3) is 5.56 Å². The Hall–Kier alpha value is -2.74. The summed E-state index contributed by atoms with van der Waals surface area (Å²) in [6.45, 7) is 5.08. The highest BCUT2D eigenvalue weighted by Gasteiger charge is 2.10. The maximum absolute atomic E-state index is 12.5. The summed E-state index contributed by atoms with van der Waals surface area (Å²) < 4.78 is 1.45. The van der Waals surface area contributed by atoms with Crippen LogP contribution in [0.15, 0.2) is 34.1 Å². The largest absolute Gasteiger partial charge is 0.295 e. The third-order valence-electron chi connectivity index (χ3n) is 3.03. The number of nitrogens with one attached hydrogen (secondary N) is 3. The molecule has 0 bridgehead atoms. The molecule has 1 aromatic heterocycles. The van der Waals surface area contributed by atoms with E-state index >= 15 is 0 Å². The number of aryl methyl sites for hydroxylation is 2. The number of carbonyl (C=O) groups excluding carboxylic acids is 1. The number of benzene rings is 1. The Bertz CT molecular complexity index is 835. The van der Waals surface area contributed by atoms with Crippen LogP contribution in [0.5, 0.6) is 0 Å². The molecule has 7 nitrogen and oxygen atoms in total. The quantitative estimate of drug-likeness (QED) is 0.437. The predicted octanol–water partition coefficient (Wildman–Crippen LogP) is 1.13. The molecule has 23 heavy (non-hydrogen) atoms. The number of nitrogens with zero attached hydrogens (tertiary/aromatic N) is 2. The van der Waals surface area contributed by atoms with Crippen LogP contribution in [-0.4, -0.2) is 27.0 Å². The van der Waals surface area contributed by atoms with Crippen LogP contribution in [0, 0.1) is 13.8 Å². The molecule has 0 aliphatic heterocycles. The molecular formula is C15H17N5O2S. The van der Waals surface area contributed by atoms with E-state index in [1.54, 1.807) is 6.92 Å². The number of amides is 1. The van der Waals surface area contributed by atoms with Crippen molar-refractivity contribution in [2.24, 2.45) is 4.99 Å². The summed E-state index contributed by atoms with van der Waals surface area (Å²) in [6, 6.07) is 7.59. The van der Waals surface area contributed by atoms with E-state index in [0.29, 0.717) is 11.3 Å². The maximum atomic E-state index is 12.5. The molecular weight excluding hydrogens is 314 g/mol. The zero-order chi connectivity index (χ0) is 17.0. The van der Waals surface area contributed by atoms with Gasteiger partial charge in [-0.25, -0.2) is 9.67 Å². The molecule has 2 aromatic rings. The van der Waals surface area contributed by atoms with Gasteiger partial charge in [0.15, 0.2) is 0 Å². The zero-order valence-corrected chi connectivity index (χ0v) is 13.8. The molecule has 0 atom stereocenters. The van der Waals surface area contributed by atoms with E-state index in [2.05, 4.69) is 20.9 Å². The molecule has 0 radical (unpaired) electrons. The third kappa shape index (κ3) is 4.13.